The second-order valence-corrected chi connectivity index (χ2v) is 3.99. The third-order valence-corrected chi connectivity index (χ3v) is 2.63. The zero-order valence-electron chi connectivity index (χ0n) is 8.61. The van der Waals surface area contributed by atoms with E-state index >= 15 is 0 Å². The molecule has 0 aliphatic carbocycles. The van der Waals surface area contributed by atoms with Gasteiger partial charge in [0.1, 0.15) is 5.15 Å². The number of benzene rings is 1. The molecule has 0 aliphatic heterocycles. The van der Waals surface area contributed by atoms with Gasteiger partial charge in [-0.1, -0.05) is 23.7 Å². The molecule has 3 rings (SSSR count). The van der Waals surface area contributed by atoms with E-state index in [0.717, 1.165) is 16.7 Å². The average molecular weight is 233 g/mol. The van der Waals surface area contributed by atoms with Crippen molar-refractivity contribution in [3.8, 4) is 5.95 Å². The second kappa shape index (κ2) is 3.35. The van der Waals surface area contributed by atoms with Gasteiger partial charge in [0.05, 0.1) is 16.7 Å². The SMILES string of the molecule is Cc1cc(Cl)n(-c2nc3ccccc3[nH]2)n1. The Morgan fingerprint density at radius 1 is 1.31 bits per heavy atom. The maximum Gasteiger partial charge on any atom is 0.230 e. The van der Waals surface area contributed by atoms with Crippen molar-refractivity contribution in [2.75, 3.05) is 0 Å². The number of fused-ring (bicyclic) bond motifs is 1. The molecule has 0 fully saturated rings. The number of nitrogens with zero attached hydrogens (tertiary/aromatic N) is 3. The van der Waals surface area contributed by atoms with Crippen LogP contribution in [0, 0.1) is 6.92 Å². The summed E-state index contributed by atoms with van der Waals surface area (Å²) in [5.41, 5.74) is 2.74. The number of aromatic nitrogens is 4. The van der Waals surface area contributed by atoms with Crippen LogP contribution in [0.2, 0.25) is 5.15 Å². The zero-order chi connectivity index (χ0) is 11.1. The summed E-state index contributed by atoms with van der Waals surface area (Å²) in [5.74, 6) is 0.638. The van der Waals surface area contributed by atoms with Crippen molar-refractivity contribution in [3.63, 3.8) is 0 Å². The van der Waals surface area contributed by atoms with Gasteiger partial charge in [-0.2, -0.15) is 9.78 Å². The highest BCUT2D eigenvalue weighted by molar-refractivity contribution is 6.29. The van der Waals surface area contributed by atoms with Crippen molar-refractivity contribution >= 4 is 22.6 Å². The molecule has 5 heteroatoms. The molecule has 0 aliphatic rings. The third kappa shape index (κ3) is 1.39. The van der Waals surface area contributed by atoms with E-state index in [1.807, 2.05) is 31.2 Å². The maximum atomic E-state index is 6.05. The highest BCUT2D eigenvalue weighted by Crippen LogP contribution is 2.17. The predicted molar refractivity (Wildman–Crippen MR) is 63.0 cm³/mol. The van der Waals surface area contributed by atoms with Crippen molar-refractivity contribution in [2.24, 2.45) is 0 Å². The maximum absolute atomic E-state index is 6.05. The Bertz CT molecular complexity index is 620. The highest BCUT2D eigenvalue weighted by atomic mass is 35.5. The molecular weight excluding hydrogens is 224 g/mol. The van der Waals surface area contributed by atoms with E-state index in [4.69, 9.17) is 11.6 Å². The fourth-order valence-electron chi connectivity index (χ4n) is 1.66. The van der Waals surface area contributed by atoms with Gasteiger partial charge >= 0.3 is 0 Å². The third-order valence-electron chi connectivity index (χ3n) is 2.37. The lowest BCUT2D eigenvalue weighted by Gasteiger charge is -1.95. The van der Waals surface area contributed by atoms with Gasteiger partial charge in [0.15, 0.2) is 0 Å². The Kier molecular flexibility index (Phi) is 1.97. The van der Waals surface area contributed by atoms with E-state index < -0.39 is 0 Å². The molecular formula is C11H9ClN4. The normalized spacial score (nSPS) is 11.1. The van der Waals surface area contributed by atoms with Crippen LogP contribution in [0.3, 0.4) is 0 Å². The summed E-state index contributed by atoms with van der Waals surface area (Å²) >= 11 is 6.05. The van der Waals surface area contributed by atoms with Crippen LogP contribution in [0.25, 0.3) is 17.0 Å². The van der Waals surface area contributed by atoms with Gasteiger partial charge in [0.25, 0.3) is 0 Å². The van der Waals surface area contributed by atoms with E-state index in [1.54, 1.807) is 10.7 Å². The lowest BCUT2D eigenvalue weighted by atomic mass is 10.3. The first-order valence-electron chi connectivity index (χ1n) is 4.91. The molecule has 0 saturated heterocycles. The van der Waals surface area contributed by atoms with E-state index in [2.05, 4.69) is 15.1 Å². The van der Waals surface area contributed by atoms with Crippen LogP contribution in [0.5, 0.6) is 0 Å². The fraction of sp³-hybridized carbons (Fsp3) is 0.0909. The standard InChI is InChI=1S/C11H9ClN4/c1-7-6-10(12)16(15-7)11-13-8-4-2-3-5-9(8)14-11/h2-6H,1H3,(H,13,14). The number of imidazole rings is 1. The number of H-pyrrole nitrogens is 1. The molecule has 1 aromatic carbocycles. The van der Waals surface area contributed by atoms with Gasteiger partial charge in [-0.3, -0.25) is 0 Å². The van der Waals surface area contributed by atoms with Gasteiger partial charge in [-0.15, -0.1) is 0 Å². The number of hydrogen-bond acceptors (Lipinski definition) is 2. The lowest BCUT2D eigenvalue weighted by Crippen LogP contribution is -1.98. The molecule has 0 saturated carbocycles. The van der Waals surface area contributed by atoms with Crippen molar-refractivity contribution in [3.05, 3.63) is 41.2 Å². The minimum Gasteiger partial charge on any atom is -0.322 e. The first-order chi connectivity index (χ1) is 7.74. The van der Waals surface area contributed by atoms with Gasteiger partial charge in [0.2, 0.25) is 5.95 Å². The molecule has 0 spiro atoms. The number of nitrogens with one attached hydrogen (secondary N) is 1. The second-order valence-electron chi connectivity index (χ2n) is 3.60. The molecule has 2 aromatic heterocycles. The number of halogens is 1. The highest BCUT2D eigenvalue weighted by Gasteiger charge is 2.09. The molecule has 1 N–H and O–H groups in total. The Balaban J connectivity index is 2.22. The molecule has 80 valence electrons. The molecule has 0 unspecified atom stereocenters. The summed E-state index contributed by atoms with van der Waals surface area (Å²) in [5, 5.41) is 4.82. The average Bonchev–Trinajstić information content (AvgIpc) is 2.81. The number of aryl methyl sites for hydroxylation is 1. The first-order valence-corrected chi connectivity index (χ1v) is 5.29. The van der Waals surface area contributed by atoms with Gasteiger partial charge in [-0.25, -0.2) is 4.98 Å². The first kappa shape index (κ1) is 9.42. The Labute approximate surface area is 96.9 Å². The van der Waals surface area contributed by atoms with Crippen LogP contribution in [0.1, 0.15) is 5.69 Å². The van der Waals surface area contributed by atoms with E-state index in [9.17, 15) is 0 Å². The van der Waals surface area contributed by atoms with Crippen LogP contribution in [-0.4, -0.2) is 19.7 Å². The molecule has 0 radical (unpaired) electrons. The zero-order valence-corrected chi connectivity index (χ0v) is 9.36. The molecule has 3 aromatic rings. The lowest BCUT2D eigenvalue weighted by molar-refractivity contribution is 0.816. The largest absolute Gasteiger partial charge is 0.322 e. The number of rotatable bonds is 1. The number of aromatic amines is 1. The Hall–Kier alpha value is -1.81. The van der Waals surface area contributed by atoms with E-state index in [-0.39, 0.29) is 0 Å². The van der Waals surface area contributed by atoms with Crippen LogP contribution >= 0.6 is 11.6 Å². The summed E-state index contributed by atoms with van der Waals surface area (Å²) < 4.78 is 1.59. The van der Waals surface area contributed by atoms with Crippen LogP contribution in [0.4, 0.5) is 0 Å². The number of hydrogen-bond donors (Lipinski definition) is 1. The van der Waals surface area contributed by atoms with E-state index in [1.165, 1.54) is 0 Å². The topological polar surface area (TPSA) is 46.5 Å². The molecule has 0 atom stereocenters. The molecule has 0 amide bonds. The molecule has 16 heavy (non-hydrogen) atoms. The smallest absolute Gasteiger partial charge is 0.230 e. The summed E-state index contributed by atoms with van der Waals surface area (Å²) in [6.45, 7) is 1.89. The van der Waals surface area contributed by atoms with Crippen molar-refractivity contribution in [1.82, 2.24) is 19.7 Å². The summed E-state index contributed by atoms with van der Waals surface area (Å²) in [6.07, 6.45) is 0. The van der Waals surface area contributed by atoms with E-state index in [0.29, 0.717) is 11.1 Å². The Morgan fingerprint density at radius 3 is 2.81 bits per heavy atom. The van der Waals surface area contributed by atoms with Crippen LogP contribution < -0.4 is 0 Å². The van der Waals surface area contributed by atoms with Crippen molar-refractivity contribution < 1.29 is 0 Å². The summed E-state index contributed by atoms with van der Waals surface area (Å²) in [7, 11) is 0. The van der Waals surface area contributed by atoms with Gasteiger partial charge in [-0.05, 0) is 25.1 Å². The van der Waals surface area contributed by atoms with Crippen molar-refractivity contribution in [1.29, 1.82) is 0 Å². The minimum atomic E-state index is 0.552. The van der Waals surface area contributed by atoms with Gasteiger partial charge in [0, 0.05) is 0 Å². The minimum absolute atomic E-state index is 0.552. The monoisotopic (exact) mass is 232 g/mol. The quantitative estimate of drug-likeness (QED) is 0.701. The summed E-state index contributed by atoms with van der Waals surface area (Å²) in [4.78, 5) is 7.59. The van der Waals surface area contributed by atoms with Crippen LogP contribution in [0.15, 0.2) is 30.3 Å². The summed E-state index contributed by atoms with van der Waals surface area (Å²) in [6, 6.07) is 9.62. The number of para-hydroxylation sites is 2. The molecule has 2 heterocycles. The molecule has 4 nitrogen and oxygen atoms in total. The van der Waals surface area contributed by atoms with Crippen LogP contribution in [-0.2, 0) is 0 Å². The predicted octanol–water partition coefficient (Wildman–Crippen LogP) is 2.71. The Morgan fingerprint density at radius 2 is 2.12 bits per heavy atom. The molecule has 0 bridgehead atoms. The fourth-order valence-corrected chi connectivity index (χ4v) is 1.93. The van der Waals surface area contributed by atoms with Crippen molar-refractivity contribution in [2.45, 2.75) is 6.92 Å². The van der Waals surface area contributed by atoms with Gasteiger partial charge < -0.3 is 4.98 Å².